The van der Waals surface area contributed by atoms with Crippen LogP contribution >= 0.6 is 0 Å². The van der Waals surface area contributed by atoms with Crippen LogP contribution in [0.4, 0.5) is 5.69 Å². The van der Waals surface area contributed by atoms with Gasteiger partial charge in [-0.1, -0.05) is 37.6 Å². The van der Waals surface area contributed by atoms with Gasteiger partial charge in [0.15, 0.2) is 0 Å². The van der Waals surface area contributed by atoms with Gasteiger partial charge in [0.05, 0.1) is 18.5 Å². The smallest absolute Gasteiger partial charge is 0.148 e. The first-order valence-corrected chi connectivity index (χ1v) is 10.3. The lowest BCUT2D eigenvalue weighted by molar-refractivity contribution is -0.941. The molecule has 1 aliphatic carbocycles. The Morgan fingerprint density at radius 1 is 1.35 bits per heavy atom. The SMILES string of the molecule is C/C=C1/C[N@+]2(CCCC)CC[C@@]34C(=C(C=O)[C@H]1C[C@H]32)Nc1ccccc14. The molecule has 1 aromatic carbocycles. The van der Waals surface area contributed by atoms with Gasteiger partial charge in [-0.25, -0.2) is 0 Å². The number of piperidine rings is 1. The van der Waals surface area contributed by atoms with Crippen LogP contribution in [0.15, 0.2) is 47.2 Å². The van der Waals surface area contributed by atoms with E-state index in [4.69, 9.17) is 0 Å². The van der Waals surface area contributed by atoms with Crippen LogP contribution in [0.2, 0.25) is 0 Å². The predicted molar refractivity (Wildman–Crippen MR) is 105 cm³/mol. The summed E-state index contributed by atoms with van der Waals surface area (Å²) in [6.45, 7) is 8.12. The van der Waals surface area contributed by atoms with E-state index in [1.165, 1.54) is 59.4 Å². The topological polar surface area (TPSA) is 29.1 Å². The van der Waals surface area contributed by atoms with Crippen molar-refractivity contribution in [2.24, 2.45) is 5.92 Å². The summed E-state index contributed by atoms with van der Waals surface area (Å²) in [5.74, 6) is 0.318. The molecule has 136 valence electrons. The molecule has 4 aliphatic rings. The Kier molecular flexibility index (Phi) is 3.49. The molecule has 1 spiro atoms. The van der Waals surface area contributed by atoms with E-state index in [0.29, 0.717) is 12.0 Å². The molecule has 3 aliphatic heterocycles. The fourth-order valence-electron chi connectivity index (χ4n) is 6.70. The standard InChI is InChI=1S/C23H28N2O/c1-3-5-11-25-12-10-23-19-8-6-7-9-20(19)24-22(23)18(15-26)17(13-21(23)25)16(4-2)14-25/h4,6-9,15,17,21H,3,5,10-14H2,1-2H3/p+1/b16-4-/t17-,21+,23-,25-/m0/s1. The van der Waals surface area contributed by atoms with Crippen LogP contribution in [-0.4, -0.2) is 36.4 Å². The summed E-state index contributed by atoms with van der Waals surface area (Å²) in [7, 11) is 0. The number of hydrogen-bond donors (Lipinski definition) is 1. The van der Waals surface area contributed by atoms with Crippen LogP contribution in [-0.2, 0) is 10.2 Å². The minimum atomic E-state index is 0.0380. The van der Waals surface area contributed by atoms with Crippen LogP contribution in [0.1, 0.15) is 45.1 Å². The molecular weight excluding hydrogens is 320 g/mol. The van der Waals surface area contributed by atoms with Gasteiger partial charge in [-0.3, -0.25) is 4.79 Å². The number of quaternary nitrogens is 1. The van der Waals surface area contributed by atoms with Gasteiger partial charge in [-0.15, -0.1) is 0 Å². The Labute approximate surface area is 156 Å². The second kappa shape index (κ2) is 5.56. The van der Waals surface area contributed by atoms with Crippen LogP contribution in [0, 0.1) is 5.92 Å². The van der Waals surface area contributed by atoms with Crippen LogP contribution in [0.5, 0.6) is 0 Å². The van der Waals surface area contributed by atoms with Crippen molar-refractivity contribution in [3.63, 3.8) is 0 Å². The number of rotatable bonds is 4. The quantitative estimate of drug-likeness (QED) is 0.502. The number of hydrogen-bond acceptors (Lipinski definition) is 2. The molecule has 0 aromatic heterocycles. The van der Waals surface area contributed by atoms with E-state index in [-0.39, 0.29) is 5.41 Å². The lowest BCUT2D eigenvalue weighted by atomic mass is 9.61. The zero-order valence-corrected chi connectivity index (χ0v) is 15.9. The Bertz CT molecular complexity index is 838. The zero-order valence-electron chi connectivity index (χ0n) is 15.9. The number of carbonyl (C=O) groups excluding carboxylic acids is 1. The Balaban J connectivity index is 1.76. The van der Waals surface area contributed by atoms with Gasteiger partial charge in [0, 0.05) is 35.7 Å². The van der Waals surface area contributed by atoms with E-state index >= 15 is 0 Å². The molecule has 1 aromatic rings. The van der Waals surface area contributed by atoms with Crippen molar-refractivity contribution in [3.05, 3.63) is 52.7 Å². The highest BCUT2D eigenvalue weighted by Crippen LogP contribution is 2.63. The van der Waals surface area contributed by atoms with E-state index < -0.39 is 0 Å². The van der Waals surface area contributed by atoms with Crippen molar-refractivity contribution < 1.29 is 9.28 Å². The van der Waals surface area contributed by atoms with Crippen molar-refractivity contribution >= 4 is 12.0 Å². The van der Waals surface area contributed by atoms with Gasteiger partial charge >= 0.3 is 0 Å². The van der Waals surface area contributed by atoms with Gasteiger partial charge in [0.25, 0.3) is 0 Å². The van der Waals surface area contributed by atoms with Crippen molar-refractivity contribution in [2.45, 2.75) is 51.0 Å². The van der Waals surface area contributed by atoms with Crippen LogP contribution < -0.4 is 5.32 Å². The summed E-state index contributed by atoms with van der Waals surface area (Å²) >= 11 is 0. The third-order valence-electron chi connectivity index (χ3n) is 7.82. The van der Waals surface area contributed by atoms with Crippen LogP contribution in [0.3, 0.4) is 0 Å². The minimum Gasteiger partial charge on any atom is -0.357 e. The molecule has 4 atom stereocenters. The average Bonchev–Trinajstić information content (AvgIpc) is 3.20. The molecule has 0 unspecified atom stereocenters. The van der Waals surface area contributed by atoms with Crippen molar-refractivity contribution in [1.29, 1.82) is 0 Å². The normalized spacial score (nSPS) is 38.2. The maximum absolute atomic E-state index is 12.2. The fraction of sp³-hybridized carbons (Fsp3) is 0.522. The summed E-state index contributed by atoms with van der Waals surface area (Å²) in [5, 5.41) is 3.71. The summed E-state index contributed by atoms with van der Waals surface area (Å²) in [6, 6.07) is 9.39. The first-order valence-electron chi connectivity index (χ1n) is 10.3. The van der Waals surface area contributed by atoms with Gasteiger partial charge < -0.3 is 9.80 Å². The number of allylic oxidation sites excluding steroid dienone is 2. The summed E-state index contributed by atoms with van der Waals surface area (Å²) in [6.07, 6.45) is 8.31. The molecule has 3 heteroatoms. The first-order chi connectivity index (χ1) is 12.7. The molecule has 3 nitrogen and oxygen atoms in total. The number of carbonyl (C=O) groups is 1. The van der Waals surface area contributed by atoms with Gasteiger partial charge in [0.2, 0.25) is 0 Å². The van der Waals surface area contributed by atoms with E-state index in [9.17, 15) is 4.79 Å². The average molecular weight is 349 g/mol. The predicted octanol–water partition coefficient (Wildman–Crippen LogP) is 4.17. The molecule has 0 amide bonds. The molecule has 2 fully saturated rings. The number of benzene rings is 1. The lowest BCUT2D eigenvalue weighted by Crippen LogP contribution is -2.63. The number of fused-ring (bicyclic) bond motifs is 2. The molecule has 2 bridgehead atoms. The van der Waals surface area contributed by atoms with E-state index in [2.05, 4.69) is 49.5 Å². The maximum Gasteiger partial charge on any atom is 0.148 e. The second-order valence-electron chi connectivity index (χ2n) is 8.69. The van der Waals surface area contributed by atoms with Gasteiger partial charge in [-0.2, -0.15) is 0 Å². The molecule has 1 N–H and O–H groups in total. The molecule has 3 heterocycles. The Morgan fingerprint density at radius 2 is 2.19 bits per heavy atom. The number of para-hydroxylation sites is 1. The zero-order chi connectivity index (χ0) is 17.9. The number of aldehydes is 1. The highest BCUT2D eigenvalue weighted by Gasteiger charge is 2.68. The molecule has 0 saturated carbocycles. The largest absolute Gasteiger partial charge is 0.357 e. The fourth-order valence-corrected chi connectivity index (χ4v) is 6.70. The highest BCUT2D eigenvalue weighted by molar-refractivity contribution is 5.84. The van der Waals surface area contributed by atoms with Gasteiger partial charge in [-0.05, 0) is 30.5 Å². The summed E-state index contributed by atoms with van der Waals surface area (Å²) in [4.78, 5) is 12.2. The van der Waals surface area contributed by atoms with E-state index in [1.807, 2.05) is 0 Å². The molecule has 26 heavy (non-hydrogen) atoms. The summed E-state index contributed by atoms with van der Waals surface area (Å²) < 4.78 is 1.23. The number of unbranched alkanes of at least 4 members (excludes halogenated alkanes) is 1. The Morgan fingerprint density at radius 3 is 2.96 bits per heavy atom. The van der Waals surface area contributed by atoms with Crippen molar-refractivity contribution in [2.75, 3.05) is 25.0 Å². The third kappa shape index (κ3) is 1.80. The van der Waals surface area contributed by atoms with E-state index in [1.54, 1.807) is 0 Å². The van der Waals surface area contributed by atoms with Crippen molar-refractivity contribution in [1.82, 2.24) is 0 Å². The highest BCUT2D eigenvalue weighted by atomic mass is 16.1. The van der Waals surface area contributed by atoms with Crippen molar-refractivity contribution in [3.8, 4) is 0 Å². The van der Waals surface area contributed by atoms with E-state index in [0.717, 1.165) is 24.8 Å². The molecular formula is C23H29N2O+. The third-order valence-corrected chi connectivity index (χ3v) is 7.82. The molecule has 5 rings (SSSR count). The summed E-state index contributed by atoms with van der Waals surface area (Å²) in [5.41, 5.74) is 6.47. The molecule has 0 radical (unpaired) electrons. The monoisotopic (exact) mass is 349 g/mol. The van der Waals surface area contributed by atoms with Gasteiger partial charge in [0.1, 0.15) is 18.9 Å². The van der Waals surface area contributed by atoms with Crippen LogP contribution in [0.25, 0.3) is 0 Å². The second-order valence-corrected chi connectivity index (χ2v) is 8.69. The lowest BCUT2D eigenvalue weighted by Gasteiger charge is -2.53. The maximum atomic E-state index is 12.2. The molecule has 2 saturated heterocycles. The number of nitrogens with zero attached hydrogens (tertiary/aromatic N) is 1. The first kappa shape index (κ1) is 16.3. The minimum absolute atomic E-state index is 0.0380. The number of anilines is 1. The number of nitrogens with one attached hydrogen (secondary N) is 1. The Hall–Kier alpha value is -1.87.